The van der Waals surface area contributed by atoms with Crippen LogP contribution in [0, 0.1) is 11.3 Å². The maximum absolute atomic E-state index is 13.0. The summed E-state index contributed by atoms with van der Waals surface area (Å²) in [7, 11) is 0. The number of unbranched alkanes of at least 4 members (excludes halogenated alkanes) is 21. The molecule has 0 aromatic heterocycles. The first-order valence-electron chi connectivity index (χ1n) is 23.6. The van der Waals surface area contributed by atoms with E-state index in [4.69, 9.17) is 9.47 Å². The van der Waals surface area contributed by atoms with Gasteiger partial charge in [0.05, 0.1) is 19.6 Å². The van der Waals surface area contributed by atoms with Crippen molar-refractivity contribution in [2.45, 2.75) is 239 Å². The smallest absolute Gasteiger partial charge is 0.306 e. The number of hydrogen-bond acceptors (Lipinski definition) is 6. The van der Waals surface area contributed by atoms with Gasteiger partial charge in [0, 0.05) is 13.0 Å². The van der Waals surface area contributed by atoms with Crippen molar-refractivity contribution < 1.29 is 24.2 Å². The number of carbonyl (C=O) groups excluding carboxylic acids is 2. The molecular formula is C47H91NO5. The minimum Gasteiger partial charge on any atom is -0.466 e. The Hall–Kier alpha value is -1.14. The van der Waals surface area contributed by atoms with Gasteiger partial charge in [0.25, 0.3) is 0 Å². The lowest BCUT2D eigenvalue weighted by molar-refractivity contribution is -0.147. The number of rotatable bonds is 42. The van der Waals surface area contributed by atoms with Crippen molar-refractivity contribution in [2.75, 3.05) is 39.5 Å². The van der Waals surface area contributed by atoms with E-state index in [1.807, 2.05) is 0 Å². The third-order valence-electron chi connectivity index (χ3n) is 11.8. The average Bonchev–Trinajstić information content (AvgIpc) is 3.92. The molecule has 6 nitrogen and oxygen atoms in total. The predicted molar refractivity (Wildman–Crippen MR) is 225 cm³/mol. The summed E-state index contributed by atoms with van der Waals surface area (Å²) in [5.74, 6) is 0.574. The highest BCUT2D eigenvalue weighted by Crippen LogP contribution is 2.53. The van der Waals surface area contributed by atoms with Gasteiger partial charge in [0.2, 0.25) is 0 Å². The summed E-state index contributed by atoms with van der Waals surface area (Å²) in [6.45, 7) is 11.6. The van der Waals surface area contributed by atoms with Crippen molar-refractivity contribution in [3.05, 3.63) is 0 Å². The van der Waals surface area contributed by atoms with Crippen LogP contribution in [0.5, 0.6) is 0 Å². The van der Waals surface area contributed by atoms with Gasteiger partial charge in [0.15, 0.2) is 0 Å². The zero-order valence-corrected chi connectivity index (χ0v) is 35.9. The molecule has 1 fully saturated rings. The number of aliphatic hydroxyl groups excluding tert-OH is 1. The molecule has 1 aliphatic rings. The van der Waals surface area contributed by atoms with Crippen LogP contribution in [0.25, 0.3) is 0 Å². The number of hydrogen-bond donors (Lipinski definition) is 1. The molecule has 0 aromatic rings. The van der Waals surface area contributed by atoms with Crippen LogP contribution in [0.15, 0.2) is 0 Å². The Bertz CT molecular complexity index is 801. The molecule has 1 rings (SSSR count). The zero-order chi connectivity index (χ0) is 38.5. The number of nitrogens with zero attached hydrogens (tertiary/aromatic N) is 1. The Labute approximate surface area is 330 Å². The van der Waals surface area contributed by atoms with Crippen LogP contribution in [0.4, 0.5) is 0 Å². The van der Waals surface area contributed by atoms with Crippen molar-refractivity contribution in [3.8, 4) is 0 Å². The third kappa shape index (κ3) is 31.7. The topological polar surface area (TPSA) is 76.1 Å². The summed E-state index contributed by atoms with van der Waals surface area (Å²) in [6.07, 6.45) is 40.2. The maximum atomic E-state index is 13.0. The number of carbonyl (C=O) groups is 2. The first-order valence-corrected chi connectivity index (χ1v) is 23.6. The second kappa shape index (κ2) is 36.5. The maximum Gasteiger partial charge on any atom is 0.306 e. The van der Waals surface area contributed by atoms with Gasteiger partial charge in [0.1, 0.15) is 0 Å². The Morgan fingerprint density at radius 3 is 1.57 bits per heavy atom. The first-order chi connectivity index (χ1) is 26.0. The van der Waals surface area contributed by atoms with Gasteiger partial charge in [-0.05, 0) is 102 Å². The largest absolute Gasteiger partial charge is 0.466 e. The van der Waals surface area contributed by atoms with Crippen LogP contribution in [-0.2, 0) is 19.1 Å². The van der Waals surface area contributed by atoms with Crippen LogP contribution in [0.3, 0.4) is 0 Å². The van der Waals surface area contributed by atoms with Gasteiger partial charge in [-0.25, -0.2) is 0 Å². The molecule has 1 saturated carbocycles. The summed E-state index contributed by atoms with van der Waals surface area (Å²) in [4.78, 5) is 27.6. The Morgan fingerprint density at radius 1 is 0.547 bits per heavy atom. The molecule has 0 unspecified atom stereocenters. The van der Waals surface area contributed by atoms with E-state index in [1.165, 1.54) is 167 Å². The molecule has 6 heteroatoms. The van der Waals surface area contributed by atoms with Gasteiger partial charge in [-0.15, -0.1) is 0 Å². The number of ether oxygens (including phenoxy) is 2. The van der Waals surface area contributed by atoms with Crippen molar-refractivity contribution in [1.82, 2.24) is 4.90 Å². The van der Waals surface area contributed by atoms with E-state index in [-0.39, 0.29) is 24.0 Å². The fourth-order valence-electron chi connectivity index (χ4n) is 7.89. The normalized spacial score (nSPS) is 13.6. The average molecular weight is 750 g/mol. The highest BCUT2D eigenvalue weighted by molar-refractivity contribution is 5.70. The molecule has 53 heavy (non-hydrogen) atoms. The zero-order valence-electron chi connectivity index (χ0n) is 35.9. The molecule has 314 valence electrons. The van der Waals surface area contributed by atoms with E-state index in [9.17, 15) is 14.7 Å². The quantitative estimate of drug-likeness (QED) is 0.0495. The van der Waals surface area contributed by atoms with Crippen molar-refractivity contribution >= 4 is 11.9 Å². The number of esters is 2. The van der Waals surface area contributed by atoms with Crippen LogP contribution >= 0.6 is 0 Å². The van der Waals surface area contributed by atoms with E-state index in [1.54, 1.807) is 0 Å². The molecule has 0 bridgehead atoms. The van der Waals surface area contributed by atoms with Gasteiger partial charge < -0.3 is 19.5 Å². The van der Waals surface area contributed by atoms with Gasteiger partial charge in [-0.2, -0.15) is 0 Å². The summed E-state index contributed by atoms with van der Waals surface area (Å²) in [5, 5.41) is 9.31. The van der Waals surface area contributed by atoms with Crippen molar-refractivity contribution in [2.24, 2.45) is 11.3 Å². The Morgan fingerprint density at radius 2 is 1.02 bits per heavy atom. The van der Waals surface area contributed by atoms with Gasteiger partial charge >= 0.3 is 11.9 Å². The molecule has 0 spiro atoms. The Kier molecular flexibility index (Phi) is 34.3. The lowest BCUT2D eigenvalue weighted by atomic mass is 9.94. The van der Waals surface area contributed by atoms with E-state index < -0.39 is 0 Å². The molecule has 0 saturated heterocycles. The molecular weight excluding hydrogens is 659 g/mol. The minimum atomic E-state index is -0.0191. The fourth-order valence-corrected chi connectivity index (χ4v) is 7.89. The van der Waals surface area contributed by atoms with E-state index in [0.717, 1.165) is 58.2 Å². The predicted octanol–water partition coefficient (Wildman–Crippen LogP) is 13.3. The summed E-state index contributed by atoms with van der Waals surface area (Å²) in [6, 6.07) is 0. The summed E-state index contributed by atoms with van der Waals surface area (Å²) in [5.41, 5.74) is 0.220. The molecule has 0 aromatic carbocycles. The van der Waals surface area contributed by atoms with E-state index >= 15 is 0 Å². The minimum absolute atomic E-state index is 0.0191. The van der Waals surface area contributed by atoms with Crippen LogP contribution in [-0.4, -0.2) is 61.4 Å². The van der Waals surface area contributed by atoms with E-state index in [2.05, 4.69) is 25.7 Å². The standard InChI is InChI=1S/C47H91NO5/c1-4-7-10-13-14-20-30-41-52-45(50)33-24-18-15-19-26-37-48(39-28-29-40-49)38-27-21-25-34-47(35-36-47)42-46(51)53-43-44(31-22-16-11-8-5-2)32-23-17-12-9-6-3/h44,49H,4-43H2,1-3H3. The summed E-state index contributed by atoms with van der Waals surface area (Å²) >= 11 is 0. The Balaban J connectivity index is 2.22. The molecule has 1 aliphatic carbocycles. The van der Waals surface area contributed by atoms with Crippen LogP contribution in [0.1, 0.15) is 239 Å². The molecule has 0 radical (unpaired) electrons. The third-order valence-corrected chi connectivity index (χ3v) is 11.8. The molecule has 0 heterocycles. The molecule has 1 N–H and O–H groups in total. The van der Waals surface area contributed by atoms with Crippen molar-refractivity contribution in [3.63, 3.8) is 0 Å². The number of aliphatic hydroxyl groups is 1. The summed E-state index contributed by atoms with van der Waals surface area (Å²) < 4.78 is 11.4. The second-order valence-electron chi connectivity index (χ2n) is 17.1. The SMILES string of the molecule is CCCCCCCCCOC(=O)CCCCCCCN(CCCCO)CCCCCC1(CC(=O)OCC(CCCCCCC)CCCCCCC)CC1. The van der Waals surface area contributed by atoms with Crippen LogP contribution < -0.4 is 0 Å². The monoisotopic (exact) mass is 750 g/mol. The van der Waals surface area contributed by atoms with E-state index in [0.29, 0.717) is 32.0 Å². The van der Waals surface area contributed by atoms with Gasteiger partial charge in [-0.1, -0.05) is 156 Å². The lowest BCUT2D eigenvalue weighted by Gasteiger charge is -2.22. The molecule has 0 atom stereocenters. The van der Waals surface area contributed by atoms with Crippen molar-refractivity contribution in [1.29, 1.82) is 0 Å². The van der Waals surface area contributed by atoms with Gasteiger partial charge in [-0.3, -0.25) is 9.59 Å². The first kappa shape index (κ1) is 49.9. The lowest BCUT2D eigenvalue weighted by Crippen LogP contribution is -2.27. The van der Waals surface area contributed by atoms with Crippen LogP contribution in [0.2, 0.25) is 0 Å². The second-order valence-corrected chi connectivity index (χ2v) is 17.1. The molecule has 0 aliphatic heterocycles. The highest BCUT2D eigenvalue weighted by Gasteiger charge is 2.44. The fraction of sp³-hybridized carbons (Fsp3) is 0.957. The molecule has 0 amide bonds. The highest BCUT2D eigenvalue weighted by atomic mass is 16.5.